The number of hydrogen-bond donors (Lipinski definition) is 0. The summed E-state index contributed by atoms with van der Waals surface area (Å²) in [4.78, 5) is 46.1. The molecule has 0 aliphatic heterocycles. The first-order valence-corrected chi connectivity index (χ1v) is 10.5. The highest BCUT2D eigenvalue weighted by Crippen LogP contribution is 2.26. The van der Waals surface area contributed by atoms with Crippen LogP contribution in [0.4, 0.5) is 0 Å². The molecule has 0 N–H and O–H groups in total. The molecule has 0 amide bonds. The number of hydrogen-bond acceptors (Lipinski definition) is 9. The molecule has 1 rings (SSSR count). The molecule has 0 aromatic heterocycles. The van der Waals surface area contributed by atoms with Gasteiger partial charge < -0.3 is 23.7 Å². The minimum atomic E-state index is -1.18. The van der Waals surface area contributed by atoms with Crippen LogP contribution in [0.2, 0.25) is 0 Å². The van der Waals surface area contributed by atoms with Crippen LogP contribution in [0.25, 0.3) is 0 Å². The molecule has 9 nitrogen and oxygen atoms in total. The van der Waals surface area contributed by atoms with Gasteiger partial charge in [0.05, 0.1) is 19.6 Å². The van der Waals surface area contributed by atoms with Gasteiger partial charge in [0.25, 0.3) is 0 Å². The van der Waals surface area contributed by atoms with E-state index in [1.165, 1.54) is 12.0 Å². The zero-order valence-corrected chi connectivity index (χ0v) is 19.1. The highest BCUT2D eigenvalue weighted by molar-refractivity contribution is 6.30. The van der Waals surface area contributed by atoms with Crippen LogP contribution >= 0.6 is 0 Å². The predicted octanol–water partition coefficient (Wildman–Crippen LogP) is 2.63. The van der Waals surface area contributed by atoms with Crippen LogP contribution in [0, 0.1) is 5.41 Å². The van der Waals surface area contributed by atoms with Crippen molar-refractivity contribution in [2.45, 2.75) is 46.0 Å². The van der Waals surface area contributed by atoms with Crippen LogP contribution < -0.4 is 4.74 Å². The summed E-state index contributed by atoms with van der Waals surface area (Å²) in [5.74, 6) is -4.08. The molecule has 1 aromatic carbocycles. The van der Waals surface area contributed by atoms with E-state index in [4.69, 9.17) is 14.2 Å². The second-order valence-corrected chi connectivity index (χ2v) is 7.38. The smallest absolute Gasteiger partial charge is 0.417 e. The SMILES string of the molecule is CCCCCc1ccc(OCC(CC)(COC(=O)C(=O)OC)COC(=O)C(=O)OC)cc1. The third-order valence-corrected chi connectivity index (χ3v) is 5.01. The van der Waals surface area contributed by atoms with Gasteiger partial charge in [-0.15, -0.1) is 0 Å². The van der Waals surface area contributed by atoms with Crippen molar-refractivity contribution >= 4 is 23.9 Å². The highest BCUT2D eigenvalue weighted by atomic mass is 16.6. The van der Waals surface area contributed by atoms with Crippen molar-refractivity contribution in [3.63, 3.8) is 0 Å². The van der Waals surface area contributed by atoms with Crippen LogP contribution in [-0.2, 0) is 44.5 Å². The molecule has 0 bridgehead atoms. The monoisotopic (exact) mass is 452 g/mol. The van der Waals surface area contributed by atoms with Crippen molar-refractivity contribution in [1.82, 2.24) is 0 Å². The number of aryl methyl sites for hydroxylation is 1. The summed E-state index contributed by atoms with van der Waals surface area (Å²) in [7, 11) is 2.12. The summed E-state index contributed by atoms with van der Waals surface area (Å²) in [6, 6.07) is 7.63. The first kappa shape index (κ1) is 26.9. The van der Waals surface area contributed by atoms with E-state index in [-0.39, 0.29) is 19.8 Å². The fourth-order valence-corrected chi connectivity index (χ4v) is 2.72. The van der Waals surface area contributed by atoms with Gasteiger partial charge in [-0.05, 0) is 37.0 Å². The Morgan fingerprint density at radius 1 is 0.750 bits per heavy atom. The molecule has 0 fully saturated rings. The molecule has 32 heavy (non-hydrogen) atoms. The maximum atomic E-state index is 11.7. The largest absolute Gasteiger partial charge is 0.493 e. The maximum Gasteiger partial charge on any atom is 0.417 e. The Bertz CT molecular complexity index is 723. The first-order chi connectivity index (χ1) is 15.3. The average molecular weight is 453 g/mol. The van der Waals surface area contributed by atoms with Gasteiger partial charge in [0.2, 0.25) is 0 Å². The number of unbranched alkanes of at least 4 members (excludes halogenated alkanes) is 2. The van der Waals surface area contributed by atoms with Crippen LogP contribution in [0.1, 0.15) is 45.1 Å². The quantitative estimate of drug-likeness (QED) is 0.204. The third kappa shape index (κ3) is 8.95. The Balaban J connectivity index is 2.85. The Hall–Kier alpha value is -3.10. The average Bonchev–Trinajstić information content (AvgIpc) is 2.83. The summed E-state index contributed by atoms with van der Waals surface area (Å²) in [5, 5.41) is 0. The number of carbonyl (C=O) groups excluding carboxylic acids is 4. The van der Waals surface area contributed by atoms with E-state index < -0.39 is 29.3 Å². The second kappa shape index (κ2) is 14.1. The van der Waals surface area contributed by atoms with Gasteiger partial charge >= 0.3 is 23.9 Å². The van der Waals surface area contributed by atoms with Crippen LogP contribution in [-0.4, -0.2) is 57.9 Å². The minimum absolute atomic E-state index is 0.00157. The van der Waals surface area contributed by atoms with Crippen molar-refractivity contribution in [2.75, 3.05) is 34.0 Å². The molecule has 0 radical (unpaired) electrons. The van der Waals surface area contributed by atoms with Crippen LogP contribution in [0.15, 0.2) is 24.3 Å². The Labute approximate surface area is 188 Å². The normalized spacial score (nSPS) is 10.8. The van der Waals surface area contributed by atoms with Crippen LogP contribution in [0.5, 0.6) is 5.75 Å². The summed E-state index contributed by atoms with van der Waals surface area (Å²) >= 11 is 0. The lowest BCUT2D eigenvalue weighted by molar-refractivity contribution is -0.174. The number of ether oxygens (including phenoxy) is 5. The number of carbonyl (C=O) groups is 4. The summed E-state index contributed by atoms with van der Waals surface area (Å²) in [6.45, 7) is 3.35. The van der Waals surface area contributed by atoms with Crippen molar-refractivity contribution < 1.29 is 42.9 Å². The molecular formula is C23H32O9. The van der Waals surface area contributed by atoms with Crippen molar-refractivity contribution in [1.29, 1.82) is 0 Å². The van der Waals surface area contributed by atoms with Gasteiger partial charge in [-0.2, -0.15) is 0 Å². The zero-order chi connectivity index (χ0) is 24.0. The number of benzene rings is 1. The molecule has 0 aliphatic carbocycles. The zero-order valence-electron chi connectivity index (χ0n) is 19.1. The predicted molar refractivity (Wildman–Crippen MR) is 114 cm³/mol. The third-order valence-electron chi connectivity index (χ3n) is 5.01. The van der Waals surface area contributed by atoms with Gasteiger partial charge in [0.1, 0.15) is 25.6 Å². The maximum absolute atomic E-state index is 11.7. The molecule has 0 atom stereocenters. The second-order valence-electron chi connectivity index (χ2n) is 7.38. The van der Waals surface area contributed by atoms with Gasteiger partial charge in [0, 0.05) is 0 Å². The highest BCUT2D eigenvalue weighted by Gasteiger charge is 2.35. The van der Waals surface area contributed by atoms with Gasteiger partial charge in [-0.3, -0.25) is 0 Å². The van der Waals surface area contributed by atoms with Crippen molar-refractivity contribution in [2.24, 2.45) is 5.41 Å². The summed E-state index contributed by atoms with van der Waals surface area (Å²) < 4.78 is 24.6. The molecule has 0 aliphatic rings. The van der Waals surface area contributed by atoms with Gasteiger partial charge in [0.15, 0.2) is 0 Å². The molecule has 9 heteroatoms. The Kier molecular flexibility index (Phi) is 11.8. The molecule has 0 unspecified atom stereocenters. The van der Waals surface area contributed by atoms with E-state index in [9.17, 15) is 19.2 Å². The molecule has 178 valence electrons. The minimum Gasteiger partial charge on any atom is -0.493 e. The van der Waals surface area contributed by atoms with Crippen molar-refractivity contribution in [3.05, 3.63) is 29.8 Å². The van der Waals surface area contributed by atoms with E-state index in [1.54, 1.807) is 6.92 Å². The lowest BCUT2D eigenvalue weighted by Crippen LogP contribution is -2.41. The Morgan fingerprint density at radius 3 is 1.72 bits per heavy atom. The summed E-state index contributed by atoms with van der Waals surface area (Å²) in [6.07, 6.45) is 4.78. The molecule has 1 aromatic rings. The fraction of sp³-hybridized carbons (Fsp3) is 0.565. The van der Waals surface area contributed by atoms with E-state index in [0.717, 1.165) is 33.5 Å². The lowest BCUT2D eigenvalue weighted by Gasteiger charge is -2.31. The number of esters is 4. The molecule has 0 heterocycles. The standard InChI is InChI=1S/C23H32O9/c1-5-7-8-9-17-10-12-18(13-11-17)30-14-23(6-2,15-31-21(26)19(24)28-3)16-32-22(27)20(25)29-4/h10-13H,5-9,14-16H2,1-4H3. The molecule has 0 saturated heterocycles. The molecule has 0 saturated carbocycles. The fourth-order valence-electron chi connectivity index (χ4n) is 2.72. The van der Waals surface area contributed by atoms with Crippen LogP contribution in [0.3, 0.4) is 0 Å². The Morgan fingerprint density at radius 2 is 1.28 bits per heavy atom. The van der Waals surface area contributed by atoms with E-state index in [1.807, 2.05) is 24.3 Å². The van der Waals surface area contributed by atoms with Crippen molar-refractivity contribution in [3.8, 4) is 5.75 Å². The van der Waals surface area contributed by atoms with Gasteiger partial charge in [-0.1, -0.05) is 38.8 Å². The summed E-state index contributed by atoms with van der Waals surface area (Å²) in [5.41, 5.74) is 0.194. The number of rotatable bonds is 12. The lowest BCUT2D eigenvalue weighted by atomic mass is 9.88. The van der Waals surface area contributed by atoms with E-state index in [0.29, 0.717) is 12.2 Å². The molecule has 0 spiro atoms. The number of methoxy groups -OCH3 is 2. The molecular weight excluding hydrogens is 420 g/mol. The van der Waals surface area contributed by atoms with E-state index >= 15 is 0 Å². The van der Waals surface area contributed by atoms with Gasteiger partial charge in [-0.25, -0.2) is 19.2 Å². The topological polar surface area (TPSA) is 114 Å². The first-order valence-electron chi connectivity index (χ1n) is 10.5. The van der Waals surface area contributed by atoms with E-state index in [2.05, 4.69) is 16.4 Å².